The van der Waals surface area contributed by atoms with Crippen molar-refractivity contribution in [2.45, 2.75) is 12.8 Å². The van der Waals surface area contributed by atoms with Crippen molar-refractivity contribution in [2.24, 2.45) is 0 Å². The number of halogens is 1. The van der Waals surface area contributed by atoms with Crippen LogP contribution in [-0.2, 0) is 0 Å². The lowest BCUT2D eigenvalue weighted by Gasteiger charge is -2.20. The fourth-order valence-electron chi connectivity index (χ4n) is 3.90. The van der Waals surface area contributed by atoms with Crippen LogP contribution >= 0.6 is 11.6 Å². The fourth-order valence-corrected chi connectivity index (χ4v) is 4.12. The van der Waals surface area contributed by atoms with E-state index in [0.29, 0.717) is 35.2 Å². The number of ether oxygens (including phenoxy) is 2. The van der Waals surface area contributed by atoms with E-state index in [2.05, 4.69) is 16.4 Å². The molecule has 0 fully saturated rings. The zero-order valence-corrected chi connectivity index (χ0v) is 18.8. The van der Waals surface area contributed by atoms with Crippen molar-refractivity contribution in [3.8, 4) is 11.5 Å². The number of rotatable bonds is 8. The van der Waals surface area contributed by atoms with Crippen molar-refractivity contribution < 1.29 is 14.3 Å². The first-order valence-corrected chi connectivity index (χ1v) is 10.9. The first kappa shape index (κ1) is 21.8. The van der Waals surface area contributed by atoms with Gasteiger partial charge in [-0.05, 0) is 48.4 Å². The molecule has 5 nitrogen and oxygen atoms in total. The van der Waals surface area contributed by atoms with Crippen LogP contribution < -0.4 is 14.8 Å². The molecule has 4 rings (SSSR count). The van der Waals surface area contributed by atoms with E-state index in [4.69, 9.17) is 21.1 Å². The standard InChI is InChI=1S/C26H25ClN2O3/c1-3-32-24-13-12-17(14-25(24)31-2)20(21-16-28-23-11-7-5-8-18(21)23)15-29-26(30)19-9-4-6-10-22(19)27/h4-14,16,20,28H,3,15H2,1-2H3,(H,29,30)/t20-/m1/s1. The van der Waals surface area contributed by atoms with Crippen molar-refractivity contribution in [2.75, 3.05) is 20.3 Å². The summed E-state index contributed by atoms with van der Waals surface area (Å²) in [6, 6.07) is 21.1. The Bertz CT molecular complexity index is 1230. The highest BCUT2D eigenvalue weighted by Crippen LogP contribution is 2.36. The highest BCUT2D eigenvalue weighted by atomic mass is 35.5. The van der Waals surface area contributed by atoms with Crippen molar-refractivity contribution in [3.05, 3.63) is 94.6 Å². The summed E-state index contributed by atoms with van der Waals surface area (Å²) in [6.07, 6.45) is 2.00. The number of H-pyrrole nitrogens is 1. The van der Waals surface area contributed by atoms with Crippen LogP contribution in [0.2, 0.25) is 5.02 Å². The maximum atomic E-state index is 12.8. The van der Waals surface area contributed by atoms with E-state index in [1.807, 2.05) is 49.5 Å². The number of aromatic nitrogens is 1. The second-order valence-corrected chi connectivity index (χ2v) is 7.78. The Labute approximate surface area is 192 Å². The summed E-state index contributed by atoms with van der Waals surface area (Å²) < 4.78 is 11.2. The van der Waals surface area contributed by atoms with Crippen LogP contribution in [0.15, 0.2) is 72.9 Å². The van der Waals surface area contributed by atoms with Gasteiger partial charge in [0.1, 0.15) is 0 Å². The summed E-state index contributed by atoms with van der Waals surface area (Å²) in [7, 11) is 1.63. The average molecular weight is 449 g/mol. The van der Waals surface area contributed by atoms with Gasteiger partial charge in [-0.2, -0.15) is 0 Å². The van der Waals surface area contributed by atoms with E-state index in [9.17, 15) is 4.79 Å². The Hall–Kier alpha value is -3.44. The molecule has 4 aromatic rings. The molecule has 1 heterocycles. The number of methoxy groups -OCH3 is 1. The lowest BCUT2D eigenvalue weighted by atomic mass is 9.90. The summed E-state index contributed by atoms with van der Waals surface area (Å²) in [5, 5.41) is 4.60. The van der Waals surface area contributed by atoms with Gasteiger partial charge in [0.2, 0.25) is 0 Å². The quantitative estimate of drug-likeness (QED) is 0.358. The van der Waals surface area contributed by atoms with Gasteiger partial charge in [-0.3, -0.25) is 4.79 Å². The SMILES string of the molecule is CCOc1ccc([C@@H](CNC(=O)c2ccccc2Cl)c2c[nH]c3ccccc23)cc1OC. The molecule has 0 unspecified atom stereocenters. The average Bonchev–Trinajstić information content (AvgIpc) is 3.24. The summed E-state index contributed by atoms with van der Waals surface area (Å²) in [6.45, 7) is 2.88. The largest absolute Gasteiger partial charge is 0.493 e. The van der Waals surface area contributed by atoms with Gasteiger partial charge >= 0.3 is 0 Å². The first-order chi connectivity index (χ1) is 15.6. The molecular formula is C26H25ClN2O3. The van der Waals surface area contributed by atoms with Crippen molar-refractivity contribution in [1.29, 1.82) is 0 Å². The molecule has 32 heavy (non-hydrogen) atoms. The number of benzene rings is 3. The molecule has 6 heteroatoms. The number of carbonyl (C=O) groups excluding carboxylic acids is 1. The second kappa shape index (κ2) is 9.79. The Morgan fingerprint density at radius 3 is 2.62 bits per heavy atom. The third kappa shape index (κ3) is 4.43. The minimum atomic E-state index is -0.210. The van der Waals surface area contributed by atoms with E-state index in [1.54, 1.807) is 31.4 Å². The first-order valence-electron chi connectivity index (χ1n) is 10.5. The molecular weight excluding hydrogens is 424 g/mol. The Morgan fingerprint density at radius 1 is 1.06 bits per heavy atom. The topological polar surface area (TPSA) is 63.3 Å². The molecule has 0 aliphatic carbocycles. The molecule has 1 atom stereocenters. The fraction of sp³-hybridized carbons (Fsp3) is 0.192. The van der Waals surface area contributed by atoms with Crippen molar-refractivity contribution >= 4 is 28.4 Å². The van der Waals surface area contributed by atoms with Gasteiger partial charge < -0.3 is 19.8 Å². The summed E-state index contributed by atoms with van der Waals surface area (Å²) in [5.41, 5.74) is 3.60. The number of aromatic amines is 1. The minimum Gasteiger partial charge on any atom is -0.493 e. The molecule has 0 radical (unpaired) electrons. The Kier molecular flexibility index (Phi) is 6.66. The van der Waals surface area contributed by atoms with E-state index < -0.39 is 0 Å². The van der Waals surface area contributed by atoms with Crippen LogP contribution in [0.25, 0.3) is 10.9 Å². The van der Waals surface area contributed by atoms with Gasteiger partial charge in [0.25, 0.3) is 5.91 Å². The van der Waals surface area contributed by atoms with Gasteiger partial charge in [-0.25, -0.2) is 0 Å². The van der Waals surface area contributed by atoms with Crippen LogP contribution in [0.1, 0.15) is 34.3 Å². The molecule has 0 aliphatic rings. The number of nitrogens with one attached hydrogen (secondary N) is 2. The Balaban J connectivity index is 1.71. The zero-order valence-electron chi connectivity index (χ0n) is 18.0. The summed E-state index contributed by atoms with van der Waals surface area (Å²) in [5.74, 6) is 1.03. The molecule has 3 aromatic carbocycles. The van der Waals surface area contributed by atoms with Crippen LogP contribution in [0.5, 0.6) is 11.5 Å². The van der Waals surface area contributed by atoms with Crippen molar-refractivity contribution in [3.63, 3.8) is 0 Å². The van der Waals surface area contributed by atoms with Gasteiger partial charge in [0.05, 0.1) is 24.3 Å². The summed E-state index contributed by atoms with van der Waals surface area (Å²) in [4.78, 5) is 16.2. The van der Waals surface area contributed by atoms with Crippen LogP contribution in [0.3, 0.4) is 0 Å². The monoisotopic (exact) mass is 448 g/mol. The predicted molar refractivity (Wildman–Crippen MR) is 128 cm³/mol. The van der Waals surface area contributed by atoms with E-state index in [0.717, 1.165) is 22.0 Å². The van der Waals surface area contributed by atoms with Gasteiger partial charge in [0, 0.05) is 29.6 Å². The summed E-state index contributed by atoms with van der Waals surface area (Å²) >= 11 is 6.22. The number of para-hydroxylation sites is 1. The van der Waals surface area contributed by atoms with Gasteiger partial charge in [-0.1, -0.05) is 48.0 Å². The van der Waals surface area contributed by atoms with Gasteiger partial charge in [-0.15, -0.1) is 0 Å². The molecule has 0 bridgehead atoms. The smallest absolute Gasteiger partial charge is 0.252 e. The maximum absolute atomic E-state index is 12.8. The molecule has 2 N–H and O–H groups in total. The Morgan fingerprint density at radius 2 is 1.84 bits per heavy atom. The normalized spacial score (nSPS) is 11.8. The minimum absolute atomic E-state index is 0.109. The lowest BCUT2D eigenvalue weighted by molar-refractivity contribution is 0.0952. The zero-order chi connectivity index (χ0) is 22.5. The number of amides is 1. The van der Waals surface area contributed by atoms with Crippen molar-refractivity contribution in [1.82, 2.24) is 10.3 Å². The molecule has 0 spiro atoms. The van der Waals surface area contributed by atoms with E-state index >= 15 is 0 Å². The van der Waals surface area contributed by atoms with Crippen LogP contribution in [0, 0.1) is 0 Å². The van der Waals surface area contributed by atoms with E-state index in [-0.39, 0.29) is 11.8 Å². The highest BCUT2D eigenvalue weighted by molar-refractivity contribution is 6.33. The lowest BCUT2D eigenvalue weighted by Crippen LogP contribution is -2.29. The molecule has 1 aromatic heterocycles. The van der Waals surface area contributed by atoms with Crippen LogP contribution in [0.4, 0.5) is 0 Å². The third-order valence-electron chi connectivity index (χ3n) is 5.47. The van der Waals surface area contributed by atoms with E-state index in [1.165, 1.54) is 0 Å². The number of hydrogen-bond acceptors (Lipinski definition) is 3. The van der Waals surface area contributed by atoms with Crippen LogP contribution in [-0.4, -0.2) is 31.2 Å². The predicted octanol–water partition coefficient (Wildman–Crippen LogP) is 5.79. The molecule has 164 valence electrons. The maximum Gasteiger partial charge on any atom is 0.252 e. The molecule has 0 aliphatic heterocycles. The number of carbonyl (C=O) groups is 1. The van der Waals surface area contributed by atoms with Gasteiger partial charge in [0.15, 0.2) is 11.5 Å². The second-order valence-electron chi connectivity index (χ2n) is 7.38. The highest BCUT2D eigenvalue weighted by Gasteiger charge is 2.21. The number of fused-ring (bicyclic) bond motifs is 1. The molecule has 0 saturated carbocycles. The third-order valence-corrected chi connectivity index (χ3v) is 5.80. The number of hydrogen-bond donors (Lipinski definition) is 2. The molecule has 0 saturated heterocycles. The molecule has 1 amide bonds.